The van der Waals surface area contributed by atoms with E-state index in [-0.39, 0.29) is 12.1 Å². The van der Waals surface area contributed by atoms with E-state index in [2.05, 4.69) is 50.3 Å². The highest BCUT2D eigenvalue weighted by Gasteiger charge is 2.13. The summed E-state index contributed by atoms with van der Waals surface area (Å²) in [5.74, 6) is -0.687. The molecule has 0 bridgehead atoms. The molecule has 0 saturated heterocycles. The fourth-order valence-electron chi connectivity index (χ4n) is 5.13. The fraction of sp³-hybridized carbons (Fsp3) is 0.784. The number of ether oxygens (including phenoxy) is 1. The number of carboxylic acids is 1. The van der Waals surface area contributed by atoms with Crippen LogP contribution in [-0.2, 0) is 14.3 Å². The van der Waals surface area contributed by atoms with Gasteiger partial charge in [-0.15, -0.1) is 0 Å². The molecule has 0 aliphatic heterocycles. The number of carboxylic acid groups (broad SMARTS) is 1. The minimum atomic E-state index is -0.686. The SMILES string of the molecule is CC/C=C\C/C=C\C/C=C\CCCCCCCCCCCC(=O)OC(CCC)CCCCCCCCCCC(=O)O. The van der Waals surface area contributed by atoms with Gasteiger partial charge in [0.1, 0.15) is 6.10 Å². The highest BCUT2D eigenvalue weighted by atomic mass is 16.5. The van der Waals surface area contributed by atoms with Crippen molar-refractivity contribution in [1.29, 1.82) is 0 Å². The minimum Gasteiger partial charge on any atom is -0.481 e. The van der Waals surface area contributed by atoms with E-state index in [0.717, 1.165) is 77.0 Å². The lowest BCUT2D eigenvalue weighted by atomic mass is 10.0. The second-order valence-electron chi connectivity index (χ2n) is 11.7. The Balaban J connectivity index is 3.56. The van der Waals surface area contributed by atoms with Gasteiger partial charge in [-0.3, -0.25) is 9.59 Å². The summed E-state index contributed by atoms with van der Waals surface area (Å²) < 4.78 is 5.82. The maximum Gasteiger partial charge on any atom is 0.306 e. The highest BCUT2D eigenvalue weighted by Crippen LogP contribution is 2.17. The lowest BCUT2D eigenvalue weighted by Crippen LogP contribution is -2.18. The third-order valence-electron chi connectivity index (χ3n) is 7.61. The van der Waals surface area contributed by atoms with Gasteiger partial charge in [-0.2, -0.15) is 0 Å². The van der Waals surface area contributed by atoms with Crippen LogP contribution in [0.25, 0.3) is 0 Å². The van der Waals surface area contributed by atoms with Gasteiger partial charge < -0.3 is 9.84 Å². The van der Waals surface area contributed by atoms with Crippen molar-refractivity contribution in [2.24, 2.45) is 0 Å². The summed E-state index contributed by atoms with van der Waals surface area (Å²) in [5.41, 5.74) is 0. The predicted octanol–water partition coefficient (Wildman–Crippen LogP) is 11.8. The maximum atomic E-state index is 12.3. The number of allylic oxidation sites excluding steroid dienone is 6. The van der Waals surface area contributed by atoms with Gasteiger partial charge in [0, 0.05) is 12.8 Å². The molecule has 0 amide bonds. The van der Waals surface area contributed by atoms with E-state index in [1.54, 1.807) is 0 Å². The molecule has 0 radical (unpaired) electrons. The summed E-state index contributed by atoms with van der Waals surface area (Å²) in [6, 6.07) is 0. The van der Waals surface area contributed by atoms with Crippen LogP contribution >= 0.6 is 0 Å². The predicted molar refractivity (Wildman–Crippen MR) is 176 cm³/mol. The number of esters is 1. The quantitative estimate of drug-likeness (QED) is 0.0508. The Kier molecular flexibility index (Phi) is 31.2. The smallest absolute Gasteiger partial charge is 0.306 e. The standard InChI is InChI=1S/C37H66O4/c1-3-5-6-7-8-9-10-11-12-13-14-15-16-17-18-19-24-27-30-34-37(40)41-35(31-4-2)32-28-25-22-20-21-23-26-29-33-36(38)39/h5-6,8-9,11-12,35H,3-4,7,10,13-34H2,1-2H3,(H,38,39)/b6-5-,9-8-,12-11-. The van der Waals surface area contributed by atoms with Crippen LogP contribution in [0.3, 0.4) is 0 Å². The van der Waals surface area contributed by atoms with Crippen molar-refractivity contribution >= 4 is 11.9 Å². The van der Waals surface area contributed by atoms with Gasteiger partial charge in [-0.25, -0.2) is 0 Å². The van der Waals surface area contributed by atoms with Crippen molar-refractivity contribution in [2.45, 2.75) is 187 Å². The molecule has 1 atom stereocenters. The molecule has 0 fully saturated rings. The Morgan fingerprint density at radius 3 is 1.56 bits per heavy atom. The summed E-state index contributed by atoms with van der Waals surface area (Å²) in [7, 11) is 0. The first-order chi connectivity index (χ1) is 20.1. The van der Waals surface area contributed by atoms with E-state index >= 15 is 0 Å². The monoisotopic (exact) mass is 574 g/mol. The van der Waals surface area contributed by atoms with Crippen LogP contribution in [0.4, 0.5) is 0 Å². The lowest BCUT2D eigenvalue weighted by Gasteiger charge is -2.17. The molecule has 238 valence electrons. The number of carbonyl (C=O) groups is 2. The van der Waals surface area contributed by atoms with Crippen LogP contribution in [0.15, 0.2) is 36.5 Å². The van der Waals surface area contributed by atoms with Crippen LogP contribution in [-0.4, -0.2) is 23.1 Å². The van der Waals surface area contributed by atoms with Gasteiger partial charge in [-0.1, -0.05) is 140 Å². The molecule has 4 nitrogen and oxygen atoms in total. The molecule has 41 heavy (non-hydrogen) atoms. The van der Waals surface area contributed by atoms with Crippen LogP contribution in [0.1, 0.15) is 181 Å². The van der Waals surface area contributed by atoms with Crippen molar-refractivity contribution < 1.29 is 19.4 Å². The van der Waals surface area contributed by atoms with E-state index in [9.17, 15) is 9.59 Å². The molecular weight excluding hydrogens is 508 g/mol. The van der Waals surface area contributed by atoms with Crippen LogP contribution in [0, 0.1) is 0 Å². The first kappa shape index (κ1) is 39.2. The largest absolute Gasteiger partial charge is 0.481 e. The first-order valence-corrected chi connectivity index (χ1v) is 17.5. The zero-order chi connectivity index (χ0) is 30.1. The molecular formula is C37H66O4. The molecule has 0 aromatic rings. The summed E-state index contributed by atoms with van der Waals surface area (Å²) in [5, 5.41) is 8.67. The Labute approximate surface area is 254 Å². The molecule has 0 spiro atoms. The lowest BCUT2D eigenvalue weighted by molar-refractivity contribution is -0.150. The van der Waals surface area contributed by atoms with Gasteiger partial charge in [0.05, 0.1) is 0 Å². The van der Waals surface area contributed by atoms with Crippen molar-refractivity contribution in [3.63, 3.8) is 0 Å². The van der Waals surface area contributed by atoms with Gasteiger partial charge in [-0.05, 0) is 64.2 Å². The topological polar surface area (TPSA) is 63.6 Å². The van der Waals surface area contributed by atoms with Gasteiger partial charge in [0.2, 0.25) is 0 Å². The fourth-order valence-corrected chi connectivity index (χ4v) is 5.13. The number of carbonyl (C=O) groups excluding carboxylic acids is 1. The van der Waals surface area contributed by atoms with Crippen molar-refractivity contribution in [3.8, 4) is 0 Å². The summed E-state index contributed by atoms with van der Waals surface area (Å²) in [6.07, 6.45) is 42.2. The van der Waals surface area contributed by atoms with E-state index in [1.807, 2.05) is 0 Å². The molecule has 0 aromatic heterocycles. The summed E-state index contributed by atoms with van der Waals surface area (Å²) >= 11 is 0. The minimum absolute atomic E-state index is 0.000916. The third kappa shape index (κ3) is 32.5. The third-order valence-corrected chi connectivity index (χ3v) is 7.61. The zero-order valence-electron chi connectivity index (χ0n) is 27.1. The van der Waals surface area contributed by atoms with Gasteiger partial charge in [0.25, 0.3) is 0 Å². The number of rotatable bonds is 31. The summed E-state index contributed by atoms with van der Waals surface area (Å²) in [4.78, 5) is 22.9. The average molecular weight is 575 g/mol. The highest BCUT2D eigenvalue weighted by molar-refractivity contribution is 5.69. The maximum absolute atomic E-state index is 12.3. The van der Waals surface area contributed by atoms with Crippen LogP contribution < -0.4 is 0 Å². The Hall–Kier alpha value is -1.84. The van der Waals surface area contributed by atoms with E-state index in [1.165, 1.54) is 77.0 Å². The van der Waals surface area contributed by atoms with Crippen LogP contribution in [0.5, 0.6) is 0 Å². The van der Waals surface area contributed by atoms with E-state index in [0.29, 0.717) is 12.8 Å². The van der Waals surface area contributed by atoms with E-state index in [4.69, 9.17) is 9.84 Å². The molecule has 0 heterocycles. The molecule has 0 aliphatic rings. The molecule has 1 N–H and O–H groups in total. The Bertz CT molecular complexity index is 664. The normalized spacial score (nSPS) is 12.6. The average Bonchev–Trinajstić information content (AvgIpc) is 2.95. The van der Waals surface area contributed by atoms with Gasteiger partial charge in [0.15, 0.2) is 0 Å². The second-order valence-corrected chi connectivity index (χ2v) is 11.7. The Morgan fingerprint density at radius 1 is 0.561 bits per heavy atom. The molecule has 0 saturated carbocycles. The van der Waals surface area contributed by atoms with Crippen molar-refractivity contribution in [3.05, 3.63) is 36.5 Å². The Morgan fingerprint density at radius 2 is 1.02 bits per heavy atom. The number of unbranched alkanes of at least 4 members (excludes halogenated alkanes) is 16. The molecule has 4 heteroatoms. The first-order valence-electron chi connectivity index (χ1n) is 17.5. The molecule has 1 unspecified atom stereocenters. The van der Waals surface area contributed by atoms with Crippen molar-refractivity contribution in [1.82, 2.24) is 0 Å². The van der Waals surface area contributed by atoms with E-state index < -0.39 is 5.97 Å². The second kappa shape index (κ2) is 32.7. The van der Waals surface area contributed by atoms with Gasteiger partial charge >= 0.3 is 11.9 Å². The molecule has 0 aromatic carbocycles. The summed E-state index contributed by atoms with van der Waals surface area (Å²) in [6.45, 7) is 4.33. The van der Waals surface area contributed by atoms with Crippen molar-refractivity contribution in [2.75, 3.05) is 0 Å². The molecule has 0 rings (SSSR count). The molecule has 0 aliphatic carbocycles. The number of hydrogen-bond acceptors (Lipinski definition) is 3. The van der Waals surface area contributed by atoms with Crippen LogP contribution in [0.2, 0.25) is 0 Å². The number of aliphatic carboxylic acids is 1. The number of hydrogen-bond donors (Lipinski definition) is 1. The zero-order valence-corrected chi connectivity index (χ0v) is 27.1.